The highest BCUT2D eigenvalue weighted by Gasteiger charge is 2.10. The van der Waals surface area contributed by atoms with Crippen LogP contribution in [0.1, 0.15) is 40.7 Å². The van der Waals surface area contributed by atoms with Crippen molar-refractivity contribution < 1.29 is 4.79 Å². The Balaban J connectivity index is 1.51. The Bertz CT molecular complexity index is 678. The van der Waals surface area contributed by atoms with E-state index in [1.165, 1.54) is 37.9 Å². The highest BCUT2D eigenvalue weighted by atomic mass is 35.5. The van der Waals surface area contributed by atoms with Gasteiger partial charge in [-0.15, -0.1) is 0 Å². The van der Waals surface area contributed by atoms with Gasteiger partial charge >= 0.3 is 0 Å². The maximum Gasteiger partial charge on any atom is 0.251 e. The molecule has 1 aliphatic heterocycles. The molecule has 0 atom stereocenters. The van der Waals surface area contributed by atoms with Gasteiger partial charge in [0.2, 0.25) is 0 Å². The minimum atomic E-state index is -0.102. The van der Waals surface area contributed by atoms with Crippen molar-refractivity contribution in [1.29, 1.82) is 0 Å². The van der Waals surface area contributed by atoms with Crippen molar-refractivity contribution in [3.05, 3.63) is 70.2 Å². The fourth-order valence-electron chi connectivity index (χ4n) is 3.05. The summed E-state index contributed by atoms with van der Waals surface area (Å²) in [6.07, 6.45) is 3.99. The number of amides is 1. The zero-order valence-electron chi connectivity index (χ0n) is 13.8. The second-order valence-electron chi connectivity index (χ2n) is 6.35. The summed E-state index contributed by atoms with van der Waals surface area (Å²) in [4.78, 5) is 14.6. The molecule has 0 spiro atoms. The average molecular weight is 343 g/mol. The van der Waals surface area contributed by atoms with E-state index in [1.54, 1.807) is 24.3 Å². The molecule has 4 heteroatoms. The predicted molar refractivity (Wildman–Crippen MR) is 98.2 cm³/mol. The molecule has 0 aromatic heterocycles. The minimum Gasteiger partial charge on any atom is -0.348 e. The average Bonchev–Trinajstić information content (AvgIpc) is 2.62. The number of halogens is 1. The molecule has 24 heavy (non-hydrogen) atoms. The summed E-state index contributed by atoms with van der Waals surface area (Å²) >= 11 is 5.92. The third-order valence-electron chi connectivity index (χ3n) is 4.42. The molecule has 1 heterocycles. The van der Waals surface area contributed by atoms with Crippen molar-refractivity contribution in [2.75, 3.05) is 13.1 Å². The Morgan fingerprint density at radius 1 is 1.00 bits per heavy atom. The molecule has 0 radical (unpaired) electrons. The Hall–Kier alpha value is -1.84. The second kappa shape index (κ2) is 8.32. The van der Waals surface area contributed by atoms with Gasteiger partial charge in [0.05, 0.1) is 0 Å². The molecule has 1 amide bonds. The second-order valence-corrected chi connectivity index (χ2v) is 6.78. The van der Waals surface area contributed by atoms with E-state index in [-0.39, 0.29) is 5.91 Å². The number of hydrogen-bond acceptors (Lipinski definition) is 2. The first-order valence-corrected chi connectivity index (χ1v) is 8.92. The molecule has 1 saturated heterocycles. The van der Waals surface area contributed by atoms with Gasteiger partial charge in [-0.3, -0.25) is 9.69 Å². The lowest BCUT2D eigenvalue weighted by molar-refractivity contribution is 0.0951. The van der Waals surface area contributed by atoms with Gasteiger partial charge in [-0.2, -0.15) is 0 Å². The Morgan fingerprint density at radius 3 is 2.42 bits per heavy atom. The fourth-order valence-corrected chi connectivity index (χ4v) is 3.24. The van der Waals surface area contributed by atoms with E-state index in [2.05, 4.69) is 34.5 Å². The molecule has 3 rings (SSSR count). The third-order valence-corrected chi connectivity index (χ3v) is 4.65. The summed E-state index contributed by atoms with van der Waals surface area (Å²) in [5.41, 5.74) is 3.03. The van der Waals surface area contributed by atoms with Crippen LogP contribution in [0.2, 0.25) is 5.02 Å². The number of piperidine rings is 1. The molecule has 0 unspecified atom stereocenters. The van der Waals surface area contributed by atoms with Gasteiger partial charge in [0, 0.05) is 23.7 Å². The van der Waals surface area contributed by atoms with Gasteiger partial charge in [0.1, 0.15) is 0 Å². The van der Waals surface area contributed by atoms with E-state index >= 15 is 0 Å². The van der Waals surface area contributed by atoms with Crippen LogP contribution in [0.4, 0.5) is 0 Å². The Morgan fingerprint density at radius 2 is 1.71 bits per heavy atom. The number of nitrogens with one attached hydrogen (secondary N) is 1. The van der Waals surface area contributed by atoms with Crippen LogP contribution in [-0.2, 0) is 13.1 Å². The smallest absolute Gasteiger partial charge is 0.251 e. The summed E-state index contributed by atoms with van der Waals surface area (Å²) in [7, 11) is 0. The van der Waals surface area contributed by atoms with Crippen LogP contribution in [0, 0.1) is 0 Å². The molecular formula is C20H23ClN2O. The summed E-state index contributed by atoms with van der Waals surface area (Å²) in [5.74, 6) is -0.102. The molecule has 1 N–H and O–H groups in total. The lowest BCUT2D eigenvalue weighted by atomic mass is 10.1. The first-order valence-electron chi connectivity index (χ1n) is 8.55. The first kappa shape index (κ1) is 17.0. The van der Waals surface area contributed by atoms with E-state index in [4.69, 9.17) is 11.6 Å². The van der Waals surface area contributed by atoms with Gasteiger partial charge in [0.15, 0.2) is 0 Å². The first-order chi connectivity index (χ1) is 11.7. The molecule has 3 nitrogen and oxygen atoms in total. The molecule has 2 aromatic rings. The van der Waals surface area contributed by atoms with E-state index < -0.39 is 0 Å². The molecule has 0 bridgehead atoms. The lowest BCUT2D eigenvalue weighted by Crippen LogP contribution is -2.29. The molecule has 2 aromatic carbocycles. The van der Waals surface area contributed by atoms with Crippen molar-refractivity contribution in [1.82, 2.24) is 10.2 Å². The van der Waals surface area contributed by atoms with Crippen LogP contribution in [-0.4, -0.2) is 23.9 Å². The van der Waals surface area contributed by atoms with Crippen molar-refractivity contribution in [3.63, 3.8) is 0 Å². The summed E-state index contributed by atoms with van der Waals surface area (Å²) in [6, 6.07) is 15.5. The standard InChI is InChI=1S/C20H23ClN2O/c21-19-6-4-5-18(13-19)20(24)22-14-16-7-9-17(10-8-16)15-23-11-2-1-3-12-23/h4-10,13H,1-3,11-12,14-15H2,(H,22,24). The van der Waals surface area contributed by atoms with Crippen molar-refractivity contribution in [2.24, 2.45) is 0 Å². The van der Waals surface area contributed by atoms with Crippen LogP contribution in [0.25, 0.3) is 0 Å². The number of hydrogen-bond donors (Lipinski definition) is 1. The van der Waals surface area contributed by atoms with Crippen molar-refractivity contribution >= 4 is 17.5 Å². The van der Waals surface area contributed by atoms with E-state index in [0.29, 0.717) is 17.1 Å². The molecular weight excluding hydrogens is 320 g/mol. The third kappa shape index (κ3) is 4.83. The molecule has 1 fully saturated rings. The van der Waals surface area contributed by atoms with Crippen LogP contribution in [0.15, 0.2) is 48.5 Å². The monoisotopic (exact) mass is 342 g/mol. The maximum atomic E-state index is 12.1. The predicted octanol–water partition coefficient (Wildman–Crippen LogP) is 4.26. The molecule has 1 aliphatic rings. The van der Waals surface area contributed by atoms with Crippen LogP contribution in [0.3, 0.4) is 0 Å². The zero-order valence-corrected chi connectivity index (χ0v) is 14.6. The van der Waals surface area contributed by atoms with Crippen LogP contribution in [0.5, 0.6) is 0 Å². The van der Waals surface area contributed by atoms with Gasteiger partial charge in [-0.05, 0) is 55.3 Å². The number of carbonyl (C=O) groups excluding carboxylic acids is 1. The van der Waals surface area contributed by atoms with E-state index in [0.717, 1.165) is 12.1 Å². The van der Waals surface area contributed by atoms with Gasteiger partial charge in [-0.1, -0.05) is 48.4 Å². The number of nitrogens with zero attached hydrogens (tertiary/aromatic N) is 1. The SMILES string of the molecule is O=C(NCc1ccc(CN2CCCCC2)cc1)c1cccc(Cl)c1. The largest absolute Gasteiger partial charge is 0.348 e. The minimum absolute atomic E-state index is 0.102. The molecule has 0 saturated carbocycles. The number of carbonyl (C=O) groups is 1. The molecule has 0 aliphatic carbocycles. The van der Waals surface area contributed by atoms with Crippen LogP contribution < -0.4 is 5.32 Å². The Labute approximate surface area is 148 Å². The fraction of sp³-hybridized carbons (Fsp3) is 0.350. The van der Waals surface area contributed by atoms with Crippen LogP contribution >= 0.6 is 11.6 Å². The highest BCUT2D eigenvalue weighted by molar-refractivity contribution is 6.30. The lowest BCUT2D eigenvalue weighted by Gasteiger charge is -2.26. The number of likely N-dealkylation sites (tertiary alicyclic amines) is 1. The Kier molecular flexibility index (Phi) is 5.89. The zero-order chi connectivity index (χ0) is 16.8. The number of rotatable bonds is 5. The highest BCUT2D eigenvalue weighted by Crippen LogP contribution is 2.14. The maximum absolute atomic E-state index is 12.1. The number of benzene rings is 2. The van der Waals surface area contributed by atoms with E-state index in [9.17, 15) is 4.79 Å². The topological polar surface area (TPSA) is 32.3 Å². The van der Waals surface area contributed by atoms with Crippen molar-refractivity contribution in [3.8, 4) is 0 Å². The van der Waals surface area contributed by atoms with E-state index in [1.807, 2.05) is 0 Å². The quantitative estimate of drug-likeness (QED) is 0.880. The molecule has 126 valence electrons. The van der Waals surface area contributed by atoms with Crippen molar-refractivity contribution in [2.45, 2.75) is 32.4 Å². The summed E-state index contributed by atoms with van der Waals surface area (Å²) < 4.78 is 0. The van der Waals surface area contributed by atoms with Gasteiger partial charge < -0.3 is 5.32 Å². The van der Waals surface area contributed by atoms with Gasteiger partial charge in [-0.25, -0.2) is 0 Å². The normalized spacial score (nSPS) is 15.2. The van der Waals surface area contributed by atoms with Gasteiger partial charge in [0.25, 0.3) is 5.91 Å². The summed E-state index contributed by atoms with van der Waals surface area (Å²) in [5, 5.41) is 3.51. The summed E-state index contributed by atoms with van der Waals surface area (Å²) in [6.45, 7) is 3.96.